The molecule has 162 valence electrons. The summed E-state index contributed by atoms with van der Waals surface area (Å²) in [5.41, 5.74) is 1.74. The molecule has 0 radical (unpaired) electrons. The number of ether oxygens (including phenoxy) is 1. The van der Waals surface area contributed by atoms with Crippen LogP contribution in [0, 0.1) is 6.92 Å². The van der Waals surface area contributed by atoms with Gasteiger partial charge in [-0.25, -0.2) is 0 Å². The van der Waals surface area contributed by atoms with Crippen LogP contribution >= 0.6 is 23.2 Å². The number of aromatic nitrogens is 1. The SMILES string of the molecule is Cc1[nH]c(C(=O)Nc2ccc(C(=O)N(C)C)cc2OC2CCN(C)CC2)c(Cl)c1Cl. The van der Waals surface area contributed by atoms with E-state index < -0.39 is 5.91 Å². The van der Waals surface area contributed by atoms with Crippen LogP contribution < -0.4 is 10.1 Å². The fraction of sp³-hybridized carbons (Fsp3) is 0.429. The molecular formula is C21H26Cl2N4O3. The molecule has 0 bridgehead atoms. The average molecular weight is 453 g/mol. The highest BCUT2D eigenvalue weighted by molar-refractivity contribution is 6.44. The standard InChI is InChI=1S/C21H26Cl2N4O3/c1-12-17(22)18(23)19(24-12)20(28)25-15-6-5-13(21(29)26(2)3)11-16(15)30-14-7-9-27(4)10-8-14/h5-6,11,14,24H,7-10H2,1-4H3,(H,25,28). The topological polar surface area (TPSA) is 77.7 Å². The van der Waals surface area contributed by atoms with Crippen LogP contribution in [0.25, 0.3) is 0 Å². The Labute approximate surface area is 186 Å². The summed E-state index contributed by atoms with van der Waals surface area (Å²) < 4.78 is 6.22. The summed E-state index contributed by atoms with van der Waals surface area (Å²) >= 11 is 12.3. The second kappa shape index (κ2) is 9.29. The summed E-state index contributed by atoms with van der Waals surface area (Å²) in [6.45, 7) is 3.60. The van der Waals surface area contributed by atoms with Gasteiger partial charge in [-0.3, -0.25) is 9.59 Å². The number of amides is 2. The number of aryl methyl sites for hydroxylation is 1. The Morgan fingerprint density at radius 2 is 1.87 bits per heavy atom. The number of benzene rings is 1. The molecule has 3 rings (SSSR count). The van der Waals surface area contributed by atoms with Crippen LogP contribution in [0.5, 0.6) is 5.75 Å². The van der Waals surface area contributed by atoms with E-state index in [9.17, 15) is 9.59 Å². The van der Waals surface area contributed by atoms with Gasteiger partial charge < -0.3 is 24.8 Å². The maximum Gasteiger partial charge on any atom is 0.273 e. The van der Waals surface area contributed by atoms with E-state index in [0.717, 1.165) is 25.9 Å². The molecule has 0 aliphatic carbocycles. The molecule has 2 N–H and O–H groups in total. The molecule has 1 aliphatic rings. The lowest BCUT2D eigenvalue weighted by Crippen LogP contribution is -2.35. The molecule has 1 saturated heterocycles. The van der Waals surface area contributed by atoms with Crippen LogP contribution in [0.1, 0.15) is 39.4 Å². The summed E-state index contributed by atoms with van der Waals surface area (Å²) in [7, 11) is 5.45. The minimum absolute atomic E-state index is 0.00678. The fourth-order valence-electron chi connectivity index (χ4n) is 3.31. The molecular weight excluding hydrogens is 427 g/mol. The number of carbonyl (C=O) groups is 2. The summed E-state index contributed by atoms with van der Waals surface area (Å²) in [6.07, 6.45) is 1.74. The first-order chi connectivity index (χ1) is 14.2. The number of nitrogens with zero attached hydrogens (tertiary/aromatic N) is 2. The lowest BCUT2D eigenvalue weighted by Gasteiger charge is -2.30. The van der Waals surface area contributed by atoms with Crippen molar-refractivity contribution in [3.8, 4) is 5.75 Å². The summed E-state index contributed by atoms with van der Waals surface area (Å²) in [5.74, 6) is -0.123. The van der Waals surface area contributed by atoms with Crippen LogP contribution in [0.15, 0.2) is 18.2 Å². The van der Waals surface area contributed by atoms with E-state index in [1.54, 1.807) is 39.2 Å². The third-order valence-electron chi connectivity index (χ3n) is 5.12. The minimum Gasteiger partial charge on any atom is -0.488 e. The molecule has 9 heteroatoms. The van der Waals surface area contributed by atoms with Crippen molar-refractivity contribution in [3.05, 3.63) is 45.2 Å². The molecule has 0 spiro atoms. The van der Waals surface area contributed by atoms with Gasteiger partial charge in [0.1, 0.15) is 17.5 Å². The molecule has 1 fully saturated rings. The first-order valence-electron chi connectivity index (χ1n) is 9.73. The van der Waals surface area contributed by atoms with Crippen molar-refractivity contribution < 1.29 is 14.3 Å². The highest BCUT2D eigenvalue weighted by Crippen LogP contribution is 2.32. The molecule has 2 amide bonds. The quantitative estimate of drug-likeness (QED) is 0.716. The Kier molecular flexibility index (Phi) is 6.95. The Balaban J connectivity index is 1.88. The maximum absolute atomic E-state index is 12.8. The zero-order valence-electron chi connectivity index (χ0n) is 17.5. The number of rotatable bonds is 5. The van der Waals surface area contributed by atoms with Crippen molar-refractivity contribution in [1.82, 2.24) is 14.8 Å². The third kappa shape index (κ3) is 4.91. The number of piperidine rings is 1. The van der Waals surface area contributed by atoms with Gasteiger partial charge in [0.25, 0.3) is 11.8 Å². The van der Waals surface area contributed by atoms with Gasteiger partial charge >= 0.3 is 0 Å². The van der Waals surface area contributed by atoms with E-state index in [0.29, 0.717) is 27.7 Å². The minimum atomic E-state index is -0.435. The van der Waals surface area contributed by atoms with Gasteiger partial charge in [0, 0.05) is 38.4 Å². The fourth-order valence-corrected chi connectivity index (χ4v) is 3.73. The Bertz CT molecular complexity index is 950. The molecule has 7 nitrogen and oxygen atoms in total. The zero-order chi connectivity index (χ0) is 22.0. The highest BCUT2D eigenvalue weighted by atomic mass is 35.5. The molecule has 1 aromatic carbocycles. The van der Waals surface area contributed by atoms with Gasteiger partial charge in [-0.05, 0) is 45.0 Å². The van der Waals surface area contributed by atoms with Crippen molar-refractivity contribution in [2.24, 2.45) is 0 Å². The number of likely N-dealkylation sites (tertiary alicyclic amines) is 1. The molecule has 0 saturated carbocycles. The van der Waals surface area contributed by atoms with Crippen LogP contribution in [0.3, 0.4) is 0 Å². The number of anilines is 1. The van der Waals surface area contributed by atoms with Crippen LogP contribution in [0.4, 0.5) is 5.69 Å². The Morgan fingerprint density at radius 3 is 2.43 bits per heavy atom. The number of carbonyl (C=O) groups excluding carboxylic acids is 2. The maximum atomic E-state index is 12.8. The number of nitrogens with one attached hydrogen (secondary N) is 2. The van der Waals surface area contributed by atoms with E-state index in [-0.39, 0.29) is 22.7 Å². The van der Waals surface area contributed by atoms with Gasteiger partial charge in [-0.2, -0.15) is 0 Å². The molecule has 30 heavy (non-hydrogen) atoms. The molecule has 1 aliphatic heterocycles. The van der Waals surface area contributed by atoms with E-state index in [1.807, 2.05) is 0 Å². The lowest BCUT2D eigenvalue weighted by atomic mass is 10.1. The monoisotopic (exact) mass is 452 g/mol. The summed E-state index contributed by atoms with van der Waals surface area (Å²) in [4.78, 5) is 31.8. The number of aromatic amines is 1. The second-order valence-corrected chi connectivity index (χ2v) is 8.49. The van der Waals surface area contributed by atoms with Gasteiger partial charge in [-0.1, -0.05) is 23.2 Å². The van der Waals surface area contributed by atoms with Gasteiger partial charge in [0.2, 0.25) is 0 Å². The molecule has 0 atom stereocenters. The molecule has 1 aromatic heterocycles. The van der Waals surface area contributed by atoms with E-state index in [4.69, 9.17) is 27.9 Å². The van der Waals surface area contributed by atoms with E-state index in [1.165, 1.54) is 4.90 Å². The highest BCUT2D eigenvalue weighted by Gasteiger charge is 2.23. The van der Waals surface area contributed by atoms with E-state index in [2.05, 4.69) is 22.2 Å². The molecule has 2 aromatic rings. The van der Waals surface area contributed by atoms with Crippen LogP contribution in [-0.4, -0.2) is 66.9 Å². The number of halogens is 2. The zero-order valence-corrected chi connectivity index (χ0v) is 19.0. The lowest BCUT2D eigenvalue weighted by molar-refractivity contribution is 0.0825. The van der Waals surface area contributed by atoms with E-state index >= 15 is 0 Å². The Hall–Kier alpha value is -2.22. The predicted octanol–water partition coefficient (Wildman–Crippen LogP) is 4.06. The molecule has 2 heterocycles. The van der Waals surface area contributed by atoms with Crippen molar-refractivity contribution in [2.75, 3.05) is 39.5 Å². The first-order valence-corrected chi connectivity index (χ1v) is 10.5. The van der Waals surface area contributed by atoms with Gasteiger partial charge in [0.05, 0.1) is 15.7 Å². The van der Waals surface area contributed by atoms with Crippen LogP contribution in [0.2, 0.25) is 10.0 Å². The smallest absolute Gasteiger partial charge is 0.273 e. The van der Waals surface area contributed by atoms with Crippen molar-refractivity contribution >= 4 is 40.7 Å². The van der Waals surface area contributed by atoms with Crippen molar-refractivity contribution in [1.29, 1.82) is 0 Å². The second-order valence-electron chi connectivity index (χ2n) is 7.74. The molecule has 0 unspecified atom stereocenters. The third-order valence-corrected chi connectivity index (χ3v) is 6.07. The van der Waals surface area contributed by atoms with Crippen LogP contribution in [-0.2, 0) is 0 Å². The number of hydrogen-bond acceptors (Lipinski definition) is 4. The predicted molar refractivity (Wildman–Crippen MR) is 119 cm³/mol. The normalized spacial score (nSPS) is 15.1. The van der Waals surface area contributed by atoms with Gasteiger partial charge in [0.15, 0.2) is 0 Å². The summed E-state index contributed by atoms with van der Waals surface area (Å²) in [6, 6.07) is 5.00. The largest absolute Gasteiger partial charge is 0.488 e. The number of hydrogen-bond donors (Lipinski definition) is 2. The average Bonchev–Trinajstić information content (AvgIpc) is 2.97. The van der Waals surface area contributed by atoms with Crippen molar-refractivity contribution in [3.63, 3.8) is 0 Å². The van der Waals surface area contributed by atoms with Gasteiger partial charge in [-0.15, -0.1) is 0 Å². The summed E-state index contributed by atoms with van der Waals surface area (Å²) in [5, 5.41) is 3.31. The first kappa shape index (κ1) is 22.5. The van der Waals surface area contributed by atoms with Crippen molar-refractivity contribution in [2.45, 2.75) is 25.9 Å². The Morgan fingerprint density at radius 1 is 1.20 bits per heavy atom. The number of H-pyrrole nitrogens is 1.